The number of methoxy groups -OCH3 is 2. The van der Waals surface area contributed by atoms with Crippen LogP contribution in [0.2, 0.25) is 0 Å². The maximum absolute atomic E-state index is 5.69. The van der Waals surface area contributed by atoms with E-state index in [2.05, 4.69) is 25.2 Å². The molecule has 0 heterocycles. The minimum Gasteiger partial charge on any atom is -0.493 e. The molecule has 19 heavy (non-hydrogen) atoms. The van der Waals surface area contributed by atoms with E-state index in [1.165, 1.54) is 5.56 Å². The SMILES string of the molecule is COCCCOc1ccc(CNC(C)C)cc1OC. The fraction of sp³-hybridized carbons (Fsp3) is 0.600. The van der Waals surface area contributed by atoms with Crippen molar-refractivity contribution in [2.24, 2.45) is 0 Å². The summed E-state index contributed by atoms with van der Waals surface area (Å²) in [4.78, 5) is 0. The third-order valence-electron chi connectivity index (χ3n) is 2.69. The summed E-state index contributed by atoms with van der Waals surface area (Å²) in [6.07, 6.45) is 0.871. The summed E-state index contributed by atoms with van der Waals surface area (Å²) in [5.41, 5.74) is 1.19. The third-order valence-corrected chi connectivity index (χ3v) is 2.69. The lowest BCUT2D eigenvalue weighted by atomic mass is 10.2. The third kappa shape index (κ3) is 5.94. The van der Waals surface area contributed by atoms with Crippen LogP contribution in [0.5, 0.6) is 11.5 Å². The van der Waals surface area contributed by atoms with Crippen LogP contribution in [-0.4, -0.2) is 33.5 Å². The molecule has 0 saturated heterocycles. The van der Waals surface area contributed by atoms with E-state index in [1.54, 1.807) is 14.2 Å². The Balaban J connectivity index is 2.57. The summed E-state index contributed by atoms with van der Waals surface area (Å²) in [7, 11) is 3.36. The molecule has 0 aromatic heterocycles. The number of nitrogens with one attached hydrogen (secondary N) is 1. The molecule has 0 amide bonds. The van der Waals surface area contributed by atoms with Crippen LogP contribution in [0.25, 0.3) is 0 Å². The smallest absolute Gasteiger partial charge is 0.161 e. The monoisotopic (exact) mass is 267 g/mol. The molecule has 4 heteroatoms. The maximum atomic E-state index is 5.69. The summed E-state index contributed by atoms with van der Waals surface area (Å²) in [5.74, 6) is 1.56. The summed E-state index contributed by atoms with van der Waals surface area (Å²) < 4.78 is 16.0. The maximum Gasteiger partial charge on any atom is 0.161 e. The number of hydrogen-bond acceptors (Lipinski definition) is 4. The molecule has 0 spiro atoms. The molecule has 108 valence electrons. The second-order valence-electron chi connectivity index (χ2n) is 4.72. The second-order valence-corrected chi connectivity index (χ2v) is 4.72. The van der Waals surface area contributed by atoms with Crippen LogP contribution in [0, 0.1) is 0 Å². The largest absolute Gasteiger partial charge is 0.493 e. The lowest BCUT2D eigenvalue weighted by Crippen LogP contribution is -2.21. The van der Waals surface area contributed by atoms with Crippen molar-refractivity contribution in [2.45, 2.75) is 32.9 Å². The fourth-order valence-electron chi connectivity index (χ4n) is 1.65. The zero-order valence-electron chi connectivity index (χ0n) is 12.4. The molecule has 0 atom stereocenters. The van der Waals surface area contributed by atoms with Gasteiger partial charge in [-0.1, -0.05) is 19.9 Å². The molecule has 0 aliphatic rings. The van der Waals surface area contributed by atoms with E-state index in [-0.39, 0.29) is 0 Å². The Kier molecular flexibility index (Phi) is 7.30. The Labute approximate surface area is 116 Å². The van der Waals surface area contributed by atoms with E-state index in [0.29, 0.717) is 19.3 Å². The van der Waals surface area contributed by atoms with Crippen LogP contribution in [0.3, 0.4) is 0 Å². The molecule has 0 aliphatic carbocycles. The summed E-state index contributed by atoms with van der Waals surface area (Å²) in [6, 6.07) is 6.50. The molecule has 4 nitrogen and oxygen atoms in total. The van der Waals surface area contributed by atoms with Gasteiger partial charge in [-0.25, -0.2) is 0 Å². The van der Waals surface area contributed by atoms with Gasteiger partial charge in [-0.2, -0.15) is 0 Å². The van der Waals surface area contributed by atoms with Gasteiger partial charge in [-0.15, -0.1) is 0 Å². The van der Waals surface area contributed by atoms with Gasteiger partial charge in [0.1, 0.15) is 0 Å². The quantitative estimate of drug-likeness (QED) is 0.698. The Morgan fingerprint density at radius 2 is 1.89 bits per heavy atom. The molecule has 0 radical (unpaired) electrons. The van der Waals surface area contributed by atoms with E-state index in [9.17, 15) is 0 Å². The van der Waals surface area contributed by atoms with Crippen molar-refractivity contribution >= 4 is 0 Å². The summed E-state index contributed by atoms with van der Waals surface area (Å²) in [6.45, 7) is 6.43. The predicted octanol–water partition coefficient (Wildman–Crippen LogP) is 2.61. The van der Waals surface area contributed by atoms with E-state index >= 15 is 0 Å². The van der Waals surface area contributed by atoms with Crippen LogP contribution in [0.15, 0.2) is 18.2 Å². The van der Waals surface area contributed by atoms with Gasteiger partial charge in [0.25, 0.3) is 0 Å². The van der Waals surface area contributed by atoms with Gasteiger partial charge in [0.15, 0.2) is 11.5 Å². The van der Waals surface area contributed by atoms with Crippen LogP contribution in [0.1, 0.15) is 25.8 Å². The first kappa shape index (κ1) is 15.8. The summed E-state index contributed by atoms with van der Waals surface area (Å²) >= 11 is 0. The second kappa shape index (κ2) is 8.77. The lowest BCUT2D eigenvalue weighted by Gasteiger charge is -2.13. The highest BCUT2D eigenvalue weighted by molar-refractivity contribution is 5.42. The molecule has 1 N–H and O–H groups in total. The molecule has 0 fully saturated rings. The first-order valence-electron chi connectivity index (χ1n) is 6.69. The van der Waals surface area contributed by atoms with Crippen molar-refractivity contribution in [1.82, 2.24) is 5.32 Å². The van der Waals surface area contributed by atoms with E-state index in [4.69, 9.17) is 14.2 Å². The number of benzene rings is 1. The van der Waals surface area contributed by atoms with Crippen molar-refractivity contribution in [3.05, 3.63) is 23.8 Å². The van der Waals surface area contributed by atoms with Gasteiger partial charge in [0, 0.05) is 32.7 Å². The van der Waals surface area contributed by atoms with Crippen LogP contribution in [-0.2, 0) is 11.3 Å². The minimum atomic E-state index is 0.468. The number of rotatable bonds is 9. The normalized spacial score (nSPS) is 10.8. The summed E-state index contributed by atoms with van der Waals surface area (Å²) in [5, 5.41) is 3.38. The van der Waals surface area contributed by atoms with Crippen molar-refractivity contribution < 1.29 is 14.2 Å². The Hall–Kier alpha value is -1.26. The Morgan fingerprint density at radius 3 is 2.53 bits per heavy atom. The molecule has 0 saturated carbocycles. The first-order valence-corrected chi connectivity index (χ1v) is 6.69. The lowest BCUT2D eigenvalue weighted by molar-refractivity contribution is 0.170. The highest BCUT2D eigenvalue weighted by Crippen LogP contribution is 2.28. The van der Waals surface area contributed by atoms with Gasteiger partial charge in [0.05, 0.1) is 13.7 Å². The van der Waals surface area contributed by atoms with Crippen LogP contribution >= 0.6 is 0 Å². The molecule has 1 aromatic rings. The van der Waals surface area contributed by atoms with Gasteiger partial charge in [-0.05, 0) is 17.7 Å². The van der Waals surface area contributed by atoms with Gasteiger partial charge < -0.3 is 19.5 Å². The van der Waals surface area contributed by atoms with Crippen molar-refractivity contribution in [3.8, 4) is 11.5 Å². The average Bonchev–Trinajstić information content (AvgIpc) is 2.42. The van der Waals surface area contributed by atoms with E-state index in [0.717, 1.165) is 24.5 Å². The van der Waals surface area contributed by atoms with E-state index < -0.39 is 0 Å². The molecule has 1 aromatic carbocycles. The standard InChI is InChI=1S/C15H25NO3/c1-12(2)16-11-13-6-7-14(15(10-13)18-4)19-9-5-8-17-3/h6-7,10,12,16H,5,8-9,11H2,1-4H3. The van der Waals surface area contributed by atoms with Gasteiger partial charge >= 0.3 is 0 Å². The number of ether oxygens (including phenoxy) is 3. The van der Waals surface area contributed by atoms with Crippen molar-refractivity contribution in [1.29, 1.82) is 0 Å². The topological polar surface area (TPSA) is 39.7 Å². The van der Waals surface area contributed by atoms with E-state index in [1.807, 2.05) is 12.1 Å². The Bertz CT molecular complexity index is 366. The predicted molar refractivity (Wildman–Crippen MR) is 77.0 cm³/mol. The van der Waals surface area contributed by atoms with Gasteiger partial charge in [-0.3, -0.25) is 0 Å². The van der Waals surface area contributed by atoms with Crippen LogP contribution < -0.4 is 14.8 Å². The zero-order valence-corrected chi connectivity index (χ0v) is 12.4. The van der Waals surface area contributed by atoms with Crippen molar-refractivity contribution in [2.75, 3.05) is 27.4 Å². The molecule has 0 aliphatic heterocycles. The molecule has 0 unspecified atom stereocenters. The highest BCUT2D eigenvalue weighted by Gasteiger charge is 2.06. The van der Waals surface area contributed by atoms with Gasteiger partial charge in [0.2, 0.25) is 0 Å². The number of hydrogen-bond donors (Lipinski definition) is 1. The van der Waals surface area contributed by atoms with Crippen molar-refractivity contribution in [3.63, 3.8) is 0 Å². The Morgan fingerprint density at radius 1 is 1.11 bits per heavy atom. The molecule has 1 rings (SSSR count). The molecular weight excluding hydrogens is 242 g/mol. The zero-order chi connectivity index (χ0) is 14.1. The first-order chi connectivity index (χ1) is 9.17. The molecule has 0 bridgehead atoms. The highest BCUT2D eigenvalue weighted by atomic mass is 16.5. The van der Waals surface area contributed by atoms with Crippen LogP contribution in [0.4, 0.5) is 0 Å². The molecular formula is C15H25NO3. The minimum absolute atomic E-state index is 0.468. The average molecular weight is 267 g/mol. The fourth-order valence-corrected chi connectivity index (χ4v) is 1.65.